The largest absolute Gasteiger partial charge is 0.433 e. The fraction of sp³-hybridized carbons (Fsp3) is 0.667. The lowest BCUT2D eigenvalue weighted by Crippen LogP contribution is -2.26. The predicted octanol–water partition coefficient (Wildman–Crippen LogP) is 4.93. The second-order valence-corrected chi connectivity index (χ2v) is 6.94. The van der Waals surface area contributed by atoms with Crippen LogP contribution in [0.1, 0.15) is 57.2 Å². The number of rotatable bonds is 1. The van der Waals surface area contributed by atoms with Crippen molar-refractivity contribution in [3.63, 3.8) is 0 Å². The van der Waals surface area contributed by atoms with Crippen LogP contribution >= 0.6 is 11.6 Å². The van der Waals surface area contributed by atoms with Gasteiger partial charge in [-0.15, -0.1) is 0 Å². The van der Waals surface area contributed by atoms with Gasteiger partial charge < -0.3 is 5.11 Å². The summed E-state index contributed by atoms with van der Waals surface area (Å²) < 4.78 is 37.9. The van der Waals surface area contributed by atoms with Gasteiger partial charge in [-0.2, -0.15) is 13.2 Å². The third-order valence-corrected chi connectivity index (χ3v) is 4.59. The van der Waals surface area contributed by atoms with Gasteiger partial charge in [0, 0.05) is 5.56 Å². The Morgan fingerprint density at radius 3 is 2.38 bits per heavy atom. The zero-order valence-corrected chi connectivity index (χ0v) is 12.9. The molecule has 1 aliphatic carbocycles. The summed E-state index contributed by atoms with van der Waals surface area (Å²) in [6, 6.07) is 2.14. The molecule has 2 nitrogen and oxygen atoms in total. The average molecular weight is 322 g/mol. The lowest BCUT2D eigenvalue weighted by atomic mass is 9.83. The first-order valence-corrected chi connectivity index (χ1v) is 7.38. The smallest absolute Gasteiger partial charge is 0.385 e. The van der Waals surface area contributed by atoms with Crippen molar-refractivity contribution < 1.29 is 18.3 Å². The maximum atomic E-state index is 12.6. The summed E-state index contributed by atoms with van der Waals surface area (Å²) in [6.45, 7) is 4.26. The molecule has 1 aliphatic rings. The van der Waals surface area contributed by atoms with E-state index in [0.717, 1.165) is 25.3 Å². The van der Waals surface area contributed by atoms with Crippen LogP contribution in [0.4, 0.5) is 13.2 Å². The molecule has 0 radical (unpaired) electrons. The molecule has 1 saturated carbocycles. The van der Waals surface area contributed by atoms with Crippen LogP contribution in [-0.2, 0) is 11.8 Å². The highest BCUT2D eigenvalue weighted by Gasteiger charge is 2.39. The molecule has 1 atom stereocenters. The summed E-state index contributed by atoms with van der Waals surface area (Å²) in [5.74, 6) is 0. The van der Waals surface area contributed by atoms with Gasteiger partial charge in [0.15, 0.2) is 0 Å². The molecule has 1 aromatic rings. The Balaban J connectivity index is 2.33. The van der Waals surface area contributed by atoms with Crippen LogP contribution in [0.25, 0.3) is 0 Å². The van der Waals surface area contributed by atoms with E-state index in [9.17, 15) is 18.3 Å². The van der Waals surface area contributed by atoms with E-state index in [-0.39, 0.29) is 10.6 Å². The zero-order chi connectivity index (χ0) is 15.9. The molecule has 0 aromatic carbocycles. The van der Waals surface area contributed by atoms with Crippen molar-refractivity contribution in [3.05, 3.63) is 28.5 Å². The summed E-state index contributed by atoms with van der Waals surface area (Å²) in [5, 5.41) is 10.6. The number of aromatic nitrogens is 1. The quantitative estimate of drug-likeness (QED) is 0.587. The van der Waals surface area contributed by atoms with Crippen molar-refractivity contribution in [2.24, 2.45) is 5.41 Å². The van der Waals surface area contributed by atoms with Crippen LogP contribution in [0, 0.1) is 5.41 Å². The summed E-state index contributed by atoms with van der Waals surface area (Å²) in [6.07, 6.45) is -0.991. The van der Waals surface area contributed by atoms with Gasteiger partial charge in [0.1, 0.15) is 10.8 Å². The molecule has 0 saturated heterocycles. The Bertz CT molecular complexity index is 530. The van der Waals surface area contributed by atoms with E-state index in [1.807, 2.05) is 0 Å². The van der Waals surface area contributed by atoms with Crippen LogP contribution in [0.3, 0.4) is 0 Å². The number of halogens is 4. The Labute approximate surface area is 127 Å². The van der Waals surface area contributed by atoms with E-state index in [2.05, 4.69) is 18.8 Å². The monoisotopic (exact) mass is 321 g/mol. The second kappa shape index (κ2) is 5.43. The van der Waals surface area contributed by atoms with Gasteiger partial charge in [0.25, 0.3) is 0 Å². The molecular weight excluding hydrogens is 303 g/mol. The minimum Gasteiger partial charge on any atom is -0.385 e. The topological polar surface area (TPSA) is 33.1 Å². The predicted molar refractivity (Wildman–Crippen MR) is 75.0 cm³/mol. The number of pyridine rings is 1. The van der Waals surface area contributed by atoms with Gasteiger partial charge in [-0.1, -0.05) is 31.5 Å². The van der Waals surface area contributed by atoms with Crippen molar-refractivity contribution in [2.75, 3.05) is 0 Å². The van der Waals surface area contributed by atoms with Gasteiger partial charge in [-0.3, -0.25) is 0 Å². The third kappa shape index (κ3) is 3.69. The lowest BCUT2D eigenvalue weighted by molar-refractivity contribution is -0.141. The number of nitrogens with zero attached hydrogens (tertiary/aromatic N) is 1. The van der Waals surface area contributed by atoms with Gasteiger partial charge >= 0.3 is 6.18 Å². The van der Waals surface area contributed by atoms with Crippen molar-refractivity contribution in [1.82, 2.24) is 4.98 Å². The maximum absolute atomic E-state index is 12.6. The van der Waals surface area contributed by atoms with E-state index >= 15 is 0 Å². The first-order valence-electron chi connectivity index (χ1n) is 7.00. The molecule has 0 aliphatic heterocycles. The van der Waals surface area contributed by atoms with Crippen molar-refractivity contribution in [2.45, 2.75) is 57.7 Å². The Morgan fingerprint density at radius 2 is 1.81 bits per heavy atom. The first kappa shape index (κ1) is 16.6. The molecule has 21 heavy (non-hydrogen) atoms. The molecule has 118 valence electrons. The van der Waals surface area contributed by atoms with Crippen LogP contribution in [0.2, 0.25) is 5.15 Å². The van der Waals surface area contributed by atoms with E-state index < -0.39 is 17.5 Å². The minimum absolute atomic E-state index is 0.121. The Hall–Kier alpha value is -0.810. The van der Waals surface area contributed by atoms with Gasteiger partial charge in [-0.25, -0.2) is 4.98 Å². The summed E-state index contributed by atoms with van der Waals surface area (Å²) in [5.41, 5.74) is -1.80. The van der Waals surface area contributed by atoms with Crippen LogP contribution in [0.15, 0.2) is 12.1 Å². The molecule has 1 heterocycles. The Morgan fingerprint density at radius 1 is 1.14 bits per heavy atom. The highest BCUT2D eigenvalue weighted by Crippen LogP contribution is 2.44. The van der Waals surface area contributed by atoms with Crippen molar-refractivity contribution in [3.8, 4) is 0 Å². The number of hydrogen-bond donors (Lipinski definition) is 1. The second-order valence-electron chi connectivity index (χ2n) is 6.58. The fourth-order valence-electron chi connectivity index (χ4n) is 2.86. The highest BCUT2D eigenvalue weighted by atomic mass is 35.5. The van der Waals surface area contributed by atoms with E-state index in [1.54, 1.807) is 0 Å². The standard InChI is InChI=1S/C15H19ClF3NO/c1-13(2)6-3-7-14(21,9-8-13)10-4-5-11(15(17,18)19)20-12(10)16/h4-5,21H,3,6-9H2,1-2H3. The molecule has 1 fully saturated rings. The number of hydrogen-bond acceptors (Lipinski definition) is 2. The Kier molecular flexibility index (Phi) is 4.28. The molecule has 6 heteroatoms. The SMILES string of the molecule is CC1(C)CCCC(O)(c2ccc(C(F)(F)F)nc2Cl)CC1. The van der Waals surface area contributed by atoms with Gasteiger partial charge in [0.2, 0.25) is 0 Å². The zero-order valence-electron chi connectivity index (χ0n) is 12.1. The van der Waals surface area contributed by atoms with Crippen molar-refractivity contribution >= 4 is 11.6 Å². The van der Waals surface area contributed by atoms with E-state index in [0.29, 0.717) is 18.4 Å². The minimum atomic E-state index is -4.53. The van der Waals surface area contributed by atoms with Crippen LogP contribution in [-0.4, -0.2) is 10.1 Å². The maximum Gasteiger partial charge on any atom is 0.433 e. The lowest BCUT2D eigenvalue weighted by Gasteiger charge is -2.29. The molecule has 0 bridgehead atoms. The average Bonchev–Trinajstić information content (AvgIpc) is 2.48. The van der Waals surface area contributed by atoms with Crippen LogP contribution < -0.4 is 0 Å². The summed E-state index contributed by atoms with van der Waals surface area (Å²) >= 11 is 5.91. The van der Waals surface area contributed by atoms with E-state index in [4.69, 9.17) is 11.6 Å². The molecule has 0 amide bonds. The molecule has 2 rings (SSSR count). The summed E-state index contributed by atoms with van der Waals surface area (Å²) in [7, 11) is 0. The van der Waals surface area contributed by atoms with Crippen LogP contribution in [0.5, 0.6) is 0 Å². The molecule has 1 N–H and O–H groups in total. The normalized spacial score (nSPS) is 26.4. The highest BCUT2D eigenvalue weighted by molar-refractivity contribution is 6.30. The van der Waals surface area contributed by atoms with Gasteiger partial charge in [0.05, 0.1) is 5.60 Å². The van der Waals surface area contributed by atoms with Crippen molar-refractivity contribution in [1.29, 1.82) is 0 Å². The first-order chi connectivity index (χ1) is 9.54. The fourth-order valence-corrected chi connectivity index (χ4v) is 3.19. The molecular formula is C15H19ClF3NO. The third-order valence-electron chi connectivity index (χ3n) is 4.30. The summed E-state index contributed by atoms with van der Waals surface area (Å²) in [4.78, 5) is 3.41. The van der Waals surface area contributed by atoms with Gasteiger partial charge in [-0.05, 0) is 43.6 Å². The number of aliphatic hydroxyl groups is 1. The number of alkyl halides is 3. The van der Waals surface area contributed by atoms with E-state index in [1.165, 1.54) is 6.07 Å². The molecule has 1 aromatic heterocycles. The molecule has 0 spiro atoms. The molecule has 1 unspecified atom stereocenters.